The quantitative estimate of drug-likeness (QED) is 0.869. The van der Waals surface area contributed by atoms with Crippen LogP contribution in [0.2, 0.25) is 5.02 Å². The minimum atomic E-state index is -0.611. The molecule has 0 aliphatic carbocycles. The molecule has 0 spiro atoms. The highest BCUT2D eigenvalue weighted by atomic mass is 35.5. The van der Waals surface area contributed by atoms with E-state index in [0.717, 1.165) is 6.07 Å². The van der Waals surface area contributed by atoms with Crippen molar-refractivity contribution in [3.63, 3.8) is 0 Å². The fourth-order valence-corrected chi connectivity index (χ4v) is 2.12. The number of halogens is 4. The predicted octanol–water partition coefficient (Wildman–Crippen LogP) is 4.61. The Kier molecular flexibility index (Phi) is 4.68. The molecule has 1 unspecified atom stereocenters. The summed E-state index contributed by atoms with van der Waals surface area (Å²) in [6.45, 7) is 2.12. The van der Waals surface area contributed by atoms with Gasteiger partial charge < -0.3 is 5.32 Å². The second kappa shape index (κ2) is 6.29. The summed E-state index contributed by atoms with van der Waals surface area (Å²) in [7, 11) is 0. The molecule has 1 atom stereocenters. The minimum Gasteiger partial charge on any atom is -0.306 e. The van der Waals surface area contributed by atoms with Crippen LogP contribution in [-0.4, -0.2) is 0 Å². The molecule has 0 aromatic heterocycles. The molecule has 1 N–H and O–H groups in total. The fraction of sp³-hybridized carbons (Fsp3) is 0.200. The first kappa shape index (κ1) is 14.9. The zero-order chi connectivity index (χ0) is 14.7. The molecule has 5 heteroatoms. The Hall–Kier alpha value is -1.52. The van der Waals surface area contributed by atoms with Crippen molar-refractivity contribution in [3.05, 3.63) is 70.0 Å². The first-order chi connectivity index (χ1) is 9.47. The van der Waals surface area contributed by atoms with E-state index < -0.39 is 17.5 Å². The van der Waals surface area contributed by atoms with Crippen LogP contribution in [-0.2, 0) is 6.54 Å². The summed E-state index contributed by atoms with van der Waals surface area (Å²) in [4.78, 5) is 0. The number of nitrogens with one attached hydrogen (secondary N) is 1. The third-order valence-corrected chi connectivity index (χ3v) is 3.39. The van der Waals surface area contributed by atoms with Gasteiger partial charge in [0.05, 0.1) is 0 Å². The summed E-state index contributed by atoms with van der Waals surface area (Å²) in [6, 6.07) is 7.23. The summed E-state index contributed by atoms with van der Waals surface area (Å²) >= 11 is 5.91. The van der Waals surface area contributed by atoms with E-state index in [2.05, 4.69) is 5.32 Å². The van der Waals surface area contributed by atoms with E-state index in [9.17, 15) is 13.2 Å². The summed E-state index contributed by atoms with van der Waals surface area (Å²) in [5.74, 6) is -1.62. The third-order valence-electron chi connectivity index (χ3n) is 3.04. The van der Waals surface area contributed by atoms with E-state index in [4.69, 9.17) is 11.6 Å². The van der Waals surface area contributed by atoms with Gasteiger partial charge in [-0.15, -0.1) is 0 Å². The standard InChI is InChI=1S/C15H13ClF3N/c1-9(13-5-4-12(18)7-15(13)19)20-8-10-2-3-11(17)6-14(10)16/h2-7,9,20H,8H2,1H3. The fourth-order valence-electron chi connectivity index (χ4n) is 1.89. The van der Waals surface area contributed by atoms with Gasteiger partial charge in [0.25, 0.3) is 0 Å². The average Bonchev–Trinajstić information content (AvgIpc) is 2.37. The Bertz CT molecular complexity index is 616. The normalized spacial score (nSPS) is 12.4. The Morgan fingerprint density at radius 2 is 1.70 bits per heavy atom. The molecule has 2 rings (SSSR count). The highest BCUT2D eigenvalue weighted by molar-refractivity contribution is 6.31. The molecule has 0 fully saturated rings. The van der Waals surface area contributed by atoms with E-state index in [1.54, 1.807) is 13.0 Å². The maximum absolute atomic E-state index is 13.6. The molecular formula is C15H13ClF3N. The molecule has 0 amide bonds. The first-order valence-corrected chi connectivity index (χ1v) is 6.47. The van der Waals surface area contributed by atoms with Crippen molar-refractivity contribution >= 4 is 11.6 Å². The lowest BCUT2D eigenvalue weighted by Crippen LogP contribution is -2.19. The lowest BCUT2D eigenvalue weighted by Gasteiger charge is -2.15. The molecule has 0 saturated heterocycles. The van der Waals surface area contributed by atoms with E-state index in [0.29, 0.717) is 22.7 Å². The topological polar surface area (TPSA) is 12.0 Å². The average molecular weight is 300 g/mol. The van der Waals surface area contributed by atoms with Crippen molar-refractivity contribution in [2.24, 2.45) is 0 Å². The number of hydrogen-bond donors (Lipinski definition) is 1. The molecular weight excluding hydrogens is 287 g/mol. The van der Waals surface area contributed by atoms with Crippen LogP contribution in [0.15, 0.2) is 36.4 Å². The molecule has 20 heavy (non-hydrogen) atoms. The van der Waals surface area contributed by atoms with Gasteiger partial charge in [-0.2, -0.15) is 0 Å². The number of benzene rings is 2. The Labute approximate surface area is 120 Å². The summed E-state index contributed by atoms with van der Waals surface area (Å²) in [5.41, 5.74) is 1.08. The molecule has 0 saturated carbocycles. The van der Waals surface area contributed by atoms with Crippen LogP contribution in [0.25, 0.3) is 0 Å². The molecule has 0 aliphatic rings. The second-order valence-electron chi connectivity index (χ2n) is 4.50. The summed E-state index contributed by atoms with van der Waals surface area (Å²) in [5, 5.41) is 3.38. The smallest absolute Gasteiger partial charge is 0.130 e. The van der Waals surface area contributed by atoms with Crippen LogP contribution < -0.4 is 5.32 Å². The lowest BCUT2D eigenvalue weighted by atomic mass is 10.1. The van der Waals surface area contributed by atoms with Crippen LogP contribution in [0, 0.1) is 17.5 Å². The van der Waals surface area contributed by atoms with E-state index in [1.807, 2.05) is 0 Å². The maximum atomic E-state index is 13.6. The van der Waals surface area contributed by atoms with Gasteiger partial charge in [-0.3, -0.25) is 0 Å². The minimum absolute atomic E-state index is 0.310. The van der Waals surface area contributed by atoms with E-state index in [1.165, 1.54) is 24.3 Å². The molecule has 2 aromatic rings. The van der Waals surface area contributed by atoms with Gasteiger partial charge in [0, 0.05) is 29.2 Å². The lowest BCUT2D eigenvalue weighted by molar-refractivity contribution is 0.517. The molecule has 0 aliphatic heterocycles. The van der Waals surface area contributed by atoms with Crippen LogP contribution in [0.5, 0.6) is 0 Å². The second-order valence-corrected chi connectivity index (χ2v) is 4.91. The van der Waals surface area contributed by atoms with Crippen molar-refractivity contribution in [2.75, 3.05) is 0 Å². The van der Waals surface area contributed by atoms with Gasteiger partial charge in [0.15, 0.2) is 0 Å². The van der Waals surface area contributed by atoms with Gasteiger partial charge in [-0.1, -0.05) is 23.7 Å². The zero-order valence-corrected chi connectivity index (χ0v) is 11.5. The SMILES string of the molecule is CC(NCc1ccc(F)cc1Cl)c1ccc(F)cc1F. The third kappa shape index (κ3) is 3.52. The van der Waals surface area contributed by atoms with Gasteiger partial charge in [-0.25, -0.2) is 13.2 Å². The molecule has 2 aromatic carbocycles. The number of rotatable bonds is 4. The van der Waals surface area contributed by atoms with Crippen LogP contribution in [0.3, 0.4) is 0 Å². The highest BCUT2D eigenvalue weighted by Gasteiger charge is 2.12. The highest BCUT2D eigenvalue weighted by Crippen LogP contribution is 2.21. The van der Waals surface area contributed by atoms with Crippen molar-refractivity contribution in [3.8, 4) is 0 Å². The van der Waals surface area contributed by atoms with Crippen LogP contribution in [0.4, 0.5) is 13.2 Å². The Morgan fingerprint density at radius 3 is 2.35 bits per heavy atom. The van der Waals surface area contributed by atoms with Gasteiger partial charge in [0.2, 0.25) is 0 Å². The van der Waals surface area contributed by atoms with Crippen molar-refractivity contribution in [2.45, 2.75) is 19.5 Å². The molecule has 1 nitrogen and oxygen atoms in total. The summed E-state index contributed by atoms with van der Waals surface area (Å²) < 4.78 is 39.4. The van der Waals surface area contributed by atoms with E-state index >= 15 is 0 Å². The molecule has 106 valence electrons. The summed E-state index contributed by atoms with van der Waals surface area (Å²) in [6.07, 6.45) is 0. The van der Waals surface area contributed by atoms with Crippen molar-refractivity contribution in [1.82, 2.24) is 5.32 Å². The van der Waals surface area contributed by atoms with Crippen LogP contribution in [0.1, 0.15) is 24.1 Å². The van der Waals surface area contributed by atoms with Gasteiger partial charge in [-0.05, 0) is 30.7 Å². The molecule has 0 radical (unpaired) electrons. The Morgan fingerprint density at radius 1 is 1.05 bits per heavy atom. The first-order valence-electron chi connectivity index (χ1n) is 6.09. The van der Waals surface area contributed by atoms with Crippen molar-refractivity contribution in [1.29, 1.82) is 0 Å². The van der Waals surface area contributed by atoms with Crippen molar-refractivity contribution < 1.29 is 13.2 Å². The predicted molar refractivity (Wildman–Crippen MR) is 73.0 cm³/mol. The molecule has 0 bridgehead atoms. The maximum Gasteiger partial charge on any atom is 0.130 e. The Balaban J connectivity index is 2.06. The van der Waals surface area contributed by atoms with E-state index in [-0.39, 0.29) is 6.04 Å². The number of hydrogen-bond acceptors (Lipinski definition) is 1. The largest absolute Gasteiger partial charge is 0.306 e. The monoisotopic (exact) mass is 299 g/mol. The molecule has 0 heterocycles. The van der Waals surface area contributed by atoms with Crippen LogP contribution >= 0.6 is 11.6 Å². The van der Waals surface area contributed by atoms with Gasteiger partial charge in [0.1, 0.15) is 17.5 Å². The van der Waals surface area contributed by atoms with Gasteiger partial charge >= 0.3 is 0 Å². The zero-order valence-electron chi connectivity index (χ0n) is 10.8.